The predicted octanol–water partition coefficient (Wildman–Crippen LogP) is 2.53. The van der Waals surface area contributed by atoms with E-state index in [9.17, 15) is 19.8 Å². The summed E-state index contributed by atoms with van der Waals surface area (Å²) < 4.78 is 4.60. The molecule has 0 heterocycles. The first kappa shape index (κ1) is 15.8. The lowest BCUT2D eigenvalue weighted by molar-refractivity contribution is -0.151. The number of phenolic OH excluding ortho intramolecular Hbond substituents is 2. The Bertz CT molecular complexity index is 653. The van der Waals surface area contributed by atoms with Gasteiger partial charge in [0.15, 0.2) is 0 Å². The van der Waals surface area contributed by atoms with Gasteiger partial charge in [-0.3, -0.25) is 9.59 Å². The molecule has 4 rings (SSSR count). The smallest absolute Gasteiger partial charge is 0.309 e. The highest BCUT2D eigenvalue weighted by Crippen LogP contribution is 2.64. The Morgan fingerprint density at radius 3 is 2.39 bits per heavy atom. The highest BCUT2D eigenvalue weighted by atomic mass is 16.5. The summed E-state index contributed by atoms with van der Waals surface area (Å²) in [5.74, 6) is -0.132. The van der Waals surface area contributed by atoms with Crippen molar-refractivity contribution in [3.8, 4) is 11.5 Å². The standard InChI is InChI=1S/C18H22O5/c1-18(2)11-8-12(18)13(19)7-10(11)17-14(20)4-9(5-15(17)21)6-16(22)23-3/h4-5,10-12,20-21H,6-8H2,1-3H3/t10-,11-,12-/m1/s1. The highest BCUT2D eigenvalue weighted by molar-refractivity contribution is 5.86. The van der Waals surface area contributed by atoms with Gasteiger partial charge in [0.2, 0.25) is 0 Å². The zero-order chi connectivity index (χ0) is 16.9. The van der Waals surface area contributed by atoms with Crippen LogP contribution in [0.25, 0.3) is 0 Å². The van der Waals surface area contributed by atoms with E-state index in [-0.39, 0.29) is 46.9 Å². The van der Waals surface area contributed by atoms with Crippen LogP contribution in [0.15, 0.2) is 12.1 Å². The van der Waals surface area contributed by atoms with Gasteiger partial charge in [0.1, 0.15) is 17.3 Å². The molecule has 0 radical (unpaired) electrons. The second-order valence-electron chi connectivity index (χ2n) is 7.29. The number of hydrogen-bond acceptors (Lipinski definition) is 5. The van der Waals surface area contributed by atoms with E-state index in [0.29, 0.717) is 17.5 Å². The number of fused-ring (bicyclic) bond motifs is 2. The molecule has 0 saturated heterocycles. The molecule has 5 heteroatoms. The van der Waals surface area contributed by atoms with Crippen molar-refractivity contribution in [3.05, 3.63) is 23.3 Å². The van der Waals surface area contributed by atoms with E-state index in [2.05, 4.69) is 18.6 Å². The normalized spacial score (nSPS) is 28.1. The molecule has 1 aromatic rings. The summed E-state index contributed by atoms with van der Waals surface area (Å²) in [6.45, 7) is 4.16. The number of aromatic hydroxyl groups is 2. The molecule has 5 nitrogen and oxygen atoms in total. The first-order chi connectivity index (χ1) is 10.8. The summed E-state index contributed by atoms with van der Waals surface area (Å²) in [6.07, 6.45) is 1.16. The van der Waals surface area contributed by atoms with Crippen LogP contribution >= 0.6 is 0 Å². The Morgan fingerprint density at radius 2 is 1.91 bits per heavy atom. The molecular weight excluding hydrogens is 296 g/mol. The summed E-state index contributed by atoms with van der Waals surface area (Å²) in [7, 11) is 1.29. The Hall–Kier alpha value is -2.04. The van der Waals surface area contributed by atoms with Crippen molar-refractivity contribution in [1.82, 2.24) is 0 Å². The van der Waals surface area contributed by atoms with Crippen molar-refractivity contribution in [2.45, 2.75) is 39.0 Å². The van der Waals surface area contributed by atoms with Crippen LogP contribution < -0.4 is 0 Å². The van der Waals surface area contributed by atoms with E-state index >= 15 is 0 Å². The van der Waals surface area contributed by atoms with Crippen LogP contribution in [0.3, 0.4) is 0 Å². The Morgan fingerprint density at radius 1 is 1.30 bits per heavy atom. The van der Waals surface area contributed by atoms with Gasteiger partial charge in [-0.05, 0) is 35.4 Å². The minimum atomic E-state index is -0.438. The molecule has 0 aliphatic heterocycles. The third-order valence-corrected chi connectivity index (χ3v) is 5.78. The average Bonchev–Trinajstić information content (AvgIpc) is 2.45. The van der Waals surface area contributed by atoms with E-state index in [0.717, 1.165) is 6.42 Å². The van der Waals surface area contributed by atoms with Crippen LogP contribution in [-0.4, -0.2) is 29.1 Å². The molecule has 2 bridgehead atoms. The maximum atomic E-state index is 12.3. The summed E-state index contributed by atoms with van der Waals surface area (Å²) in [5, 5.41) is 20.8. The molecule has 0 spiro atoms. The number of ether oxygens (including phenoxy) is 1. The molecule has 0 unspecified atom stereocenters. The van der Waals surface area contributed by atoms with Crippen LogP contribution in [0, 0.1) is 17.3 Å². The number of Topliss-reactive ketones (excluding diaryl/α,β-unsaturated/α-hetero) is 1. The summed E-state index contributed by atoms with van der Waals surface area (Å²) in [5.41, 5.74) is 0.829. The van der Waals surface area contributed by atoms with Crippen LogP contribution in [-0.2, 0) is 20.7 Å². The summed E-state index contributed by atoms with van der Waals surface area (Å²) >= 11 is 0. The Balaban J connectivity index is 1.94. The lowest BCUT2D eigenvalue weighted by atomic mass is 9.44. The van der Waals surface area contributed by atoms with E-state index in [4.69, 9.17) is 0 Å². The fourth-order valence-corrected chi connectivity index (χ4v) is 4.39. The van der Waals surface area contributed by atoms with Gasteiger partial charge in [0.05, 0.1) is 13.5 Å². The summed E-state index contributed by atoms with van der Waals surface area (Å²) in [4.78, 5) is 23.6. The van der Waals surface area contributed by atoms with Crippen LogP contribution in [0.4, 0.5) is 0 Å². The van der Waals surface area contributed by atoms with Gasteiger partial charge < -0.3 is 14.9 Å². The molecule has 124 valence electrons. The maximum absolute atomic E-state index is 12.3. The molecule has 0 amide bonds. The van der Waals surface area contributed by atoms with Gasteiger partial charge in [-0.2, -0.15) is 0 Å². The SMILES string of the molecule is COC(=O)Cc1cc(O)c([C@@H]2CC(=O)[C@H]3C[C@H]2C3(C)C)c(O)c1. The Labute approximate surface area is 135 Å². The van der Waals surface area contributed by atoms with Gasteiger partial charge in [-0.1, -0.05) is 13.8 Å². The van der Waals surface area contributed by atoms with Crippen molar-refractivity contribution in [2.24, 2.45) is 17.3 Å². The number of rotatable bonds is 3. The van der Waals surface area contributed by atoms with Crippen molar-refractivity contribution in [2.75, 3.05) is 7.11 Å². The molecule has 2 N–H and O–H groups in total. The zero-order valence-corrected chi connectivity index (χ0v) is 13.6. The predicted molar refractivity (Wildman–Crippen MR) is 83.2 cm³/mol. The topological polar surface area (TPSA) is 83.8 Å². The molecule has 3 atom stereocenters. The minimum absolute atomic E-state index is 0.0154. The highest BCUT2D eigenvalue weighted by Gasteiger charge is 2.59. The number of benzene rings is 1. The van der Waals surface area contributed by atoms with Gasteiger partial charge >= 0.3 is 5.97 Å². The molecule has 3 fully saturated rings. The van der Waals surface area contributed by atoms with Crippen LogP contribution in [0.5, 0.6) is 11.5 Å². The number of hydrogen-bond donors (Lipinski definition) is 2. The fraction of sp³-hybridized carbons (Fsp3) is 0.556. The van der Waals surface area contributed by atoms with Gasteiger partial charge in [0, 0.05) is 23.8 Å². The minimum Gasteiger partial charge on any atom is -0.508 e. The van der Waals surface area contributed by atoms with Crippen molar-refractivity contribution in [1.29, 1.82) is 0 Å². The molecule has 1 aromatic carbocycles. The first-order valence-electron chi connectivity index (χ1n) is 7.90. The monoisotopic (exact) mass is 318 g/mol. The van der Waals surface area contributed by atoms with E-state index < -0.39 is 5.97 Å². The fourth-order valence-electron chi connectivity index (χ4n) is 4.39. The van der Waals surface area contributed by atoms with Gasteiger partial charge in [0.25, 0.3) is 0 Å². The second kappa shape index (κ2) is 5.25. The lowest BCUT2D eigenvalue weighted by Gasteiger charge is -2.59. The van der Waals surface area contributed by atoms with Crippen molar-refractivity contribution >= 4 is 11.8 Å². The number of carbonyl (C=O) groups is 2. The maximum Gasteiger partial charge on any atom is 0.309 e. The molecular formula is C18H22O5. The van der Waals surface area contributed by atoms with E-state index in [1.54, 1.807) is 0 Å². The molecule has 3 aliphatic rings. The number of ketones is 1. The average molecular weight is 318 g/mol. The molecule has 0 aromatic heterocycles. The van der Waals surface area contributed by atoms with Gasteiger partial charge in [-0.15, -0.1) is 0 Å². The van der Waals surface area contributed by atoms with Crippen molar-refractivity contribution < 1.29 is 24.5 Å². The third-order valence-electron chi connectivity index (χ3n) is 5.78. The third kappa shape index (κ3) is 2.38. The molecule has 3 aliphatic carbocycles. The second-order valence-corrected chi connectivity index (χ2v) is 7.29. The lowest BCUT2D eigenvalue weighted by Crippen LogP contribution is -2.56. The van der Waals surface area contributed by atoms with Crippen molar-refractivity contribution in [3.63, 3.8) is 0 Å². The van der Waals surface area contributed by atoms with Gasteiger partial charge in [-0.25, -0.2) is 0 Å². The number of methoxy groups -OCH3 is 1. The molecule has 23 heavy (non-hydrogen) atoms. The molecule has 3 saturated carbocycles. The largest absolute Gasteiger partial charge is 0.508 e. The zero-order valence-electron chi connectivity index (χ0n) is 13.6. The van der Waals surface area contributed by atoms with E-state index in [1.165, 1.54) is 19.2 Å². The quantitative estimate of drug-likeness (QED) is 0.837. The number of phenols is 2. The first-order valence-corrected chi connectivity index (χ1v) is 7.90. The summed E-state index contributed by atoms with van der Waals surface area (Å²) in [6, 6.07) is 2.96. The van der Waals surface area contributed by atoms with Crippen LogP contribution in [0.2, 0.25) is 0 Å². The van der Waals surface area contributed by atoms with E-state index in [1.807, 2.05) is 0 Å². The Kier molecular flexibility index (Phi) is 3.62. The van der Waals surface area contributed by atoms with Crippen LogP contribution in [0.1, 0.15) is 43.7 Å². The number of esters is 1. The number of carbonyl (C=O) groups excluding carboxylic acids is 2.